The second-order valence-electron chi connectivity index (χ2n) is 4.59. The fourth-order valence-corrected chi connectivity index (χ4v) is 2.19. The smallest absolute Gasteiger partial charge is 0.360 e. The van der Waals surface area contributed by atoms with E-state index < -0.39 is 11.8 Å². The van der Waals surface area contributed by atoms with Crippen LogP contribution in [0.5, 0.6) is 0 Å². The van der Waals surface area contributed by atoms with Gasteiger partial charge in [0.2, 0.25) is 0 Å². The Morgan fingerprint density at radius 1 is 1.30 bits per heavy atom. The molecule has 1 heterocycles. The van der Waals surface area contributed by atoms with Gasteiger partial charge in [-0.05, 0) is 31.4 Å². The van der Waals surface area contributed by atoms with E-state index in [-0.39, 0.29) is 12.3 Å². The van der Waals surface area contributed by atoms with Crippen LogP contribution in [0.2, 0.25) is 0 Å². The van der Waals surface area contributed by atoms with Crippen LogP contribution in [0.4, 0.5) is 4.39 Å². The van der Waals surface area contributed by atoms with Crippen molar-refractivity contribution in [1.29, 1.82) is 0 Å². The van der Waals surface area contributed by atoms with Crippen LogP contribution in [0, 0.1) is 5.82 Å². The predicted octanol–water partition coefficient (Wildman–Crippen LogP) is 3.89. The topological polar surface area (TPSA) is 39.2 Å². The molecule has 4 heteroatoms. The Labute approximate surface area is 117 Å². The van der Waals surface area contributed by atoms with Crippen LogP contribution < -0.4 is 0 Å². The highest BCUT2D eigenvalue weighted by Gasteiger charge is 2.20. The van der Waals surface area contributed by atoms with Crippen molar-refractivity contribution in [2.75, 3.05) is 6.61 Å². The molecule has 3 nitrogen and oxygen atoms in total. The Balaban J connectivity index is 2.59. The van der Waals surface area contributed by atoms with Crippen molar-refractivity contribution in [1.82, 2.24) is 4.98 Å². The highest BCUT2D eigenvalue weighted by atomic mass is 19.1. The summed E-state index contributed by atoms with van der Waals surface area (Å²) in [6, 6.07) is 7.30. The number of unbranched alkanes of at least 4 members (excludes halogenated alkanes) is 1. The van der Waals surface area contributed by atoms with Gasteiger partial charge < -0.3 is 4.74 Å². The lowest BCUT2D eigenvalue weighted by atomic mass is 10.0. The van der Waals surface area contributed by atoms with Crippen LogP contribution in [0.25, 0.3) is 10.9 Å². The molecule has 0 radical (unpaired) electrons. The zero-order valence-electron chi connectivity index (χ0n) is 11.8. The van der Waals surface area contributed by atoms with Crippen molar-refractivity contribution in [3.8, 4) is 0 Å². The molecule has 1 aromatic heterocycles. The van der Waals surface area contributed by atoms with E-state index in [1.165, 1.54) is 0 Å². The van der Waals surface area contributed by atoms with E-state index in [1.54, 1.807) is 13.0 Å². The Morgan fingerprint density at radius 3 is 2.75 bits per heavy atom. The minimum atomic E-state index is -0.700. The van der Waals surface area contributed by atoms with Crippen LogP contribution in [0.15, 0.2) is 24.3 Å². The number of rotatable bonds is 5. The fraction of sp³-hybridized carbons (Fsp3) is 0.375. The lowest BCUT2D eigenvalue weighted by Gasteiger charge is -2.11. The number of hydrogen-bond acceptors (Lipinski definition) is 3. The highest BCUT2D eigenvalue weighted by Crippen LogP contribution is 2.24. The van der Waals surface area contributed by atoms with Gasteiger partial charge in [0.1, 0.15) is 0 Å². The van der Waals surface area contributed by atoms with E-state index in [4.69, 9.17) is 4.74 Å². The van der Waals surface area contributed by atoms with Crippen LogP contribution in [-0.4, -0.2) is 17.6 Å². The Kier molecular flexibility index (Phi) is 4.66. The van der Waals surface area contributed by atoms with E-state index in [0.717, 1.165) is 18.2 Å². The number of para-hydroxylation sites is 1. The number of fused-ring (bicyclic) bond motifs is 1. The number of benzene rings is 1. The Hall–Kier alpha value is -1.97. The summed E-state index contributed by atoms with van der Waals surface area (Å²) in [5.41, 5.74) is 0.972. The molecule has 0 aliphatic carbocycles. The summed E-state index contributed by atoms with van der Waals surface area (Å²) in [5.74, 6) is -1.25. The molecule has 0 amide bonds. The van der Waals surface area contributed by atoms with Crippen LogP contribution >= 0.6 is 0 Å². The average Bonchev–Trinajstić information content (AvgIpc) is 2.46. The highest BCUT2D eigenvalue weighted by molar-refractivity contribution is 5.93. The number of carbonyl (C=O) groups excluding carboxylic acids is 1. The van der Waals surface area contributed by atoms with E-state index in [9.17, 15) is 9.18 Å². The molecule has 2 aromatic rings. The lowest BCUT2D eigenvalue weighted by Crippen LogP contribution is -2.12. The van der Waals surface area contributed by atoms with E-state index in [2.05, 4.69) is 4.98 Å². The number of esters is 1. The van der Waals surface area contributed by atoms with Gasteiger partial charge in [-0.1, -0.05) is 31.5 Å². The molecular weight excluding hydrogens is 257 g/mol. The molecule has 20 heavy (non-hydrogen) atoms. The molecule has 0 atom stereocenters. The van der Waals surface area contributed by atoms with Crippen LogP contribution in [0.3, 0.4) is 0 Å². The summed E-state index contributed by atoms with van der Waals surface area (Å²) in [7, 11) is 0. The Bertz CT molecular complexity index is 625. The van der Waals surface area contributed by atoms with Gasteiger partial charge in [-0.25, -0.2) is 14.2 Å². The standard InChI is InChI=1S/C16H18FNO2/c1-3-5-8-12-11-9-6-7-10-13(11)18-15(14(12)17)16(19)20-4-2/h6-7,9-10H,3-5,8H2,1-2H3. The van der Waals surface area contributed by atoms with Gasteiger partial charge in [0.25, 0.3) is 0 Å². The van der Waals surface area contributed by atoms with Crippen molar-refractivity contribution in [2.24, 2.45) is 0 Å². The molecule has 0 spiro atoms. The molecule has 1 aromatic carbocycles. The lowest BCUT2D eigenvalue weighted by molar-refractivity contribution is 0.0514. The molecule has 0 fully saturated rings. The Morgan fingerprint density at radius 2 is 2.05 bits per heavy atom. The second kappa shape index (κ2) is 6.46. The quantitative estimate of drug-likeness (QED) is 0.777. The number of carbonyl (C=O) groups is 1. The molecule has 0 bridgehead atoms. The normalized spacial score (nSPS) is 10.8. The third-order valence-corrected chi connectivity index (χ3v) is 3.18. The minimum absolute atomic E-state index is 0.205. The number of halogens is 1. The first-order chi connectivity index (χ1) is 9.69. The zero-order valence-corrected chi connectivity index (χ0v) is 11.8. The summed E-state index contributed by atoms with van der Waals surface area (Å²) in [6.45, 7) is 3.94. The van der Waals surface area contributed by atoms with Crippen molar-refractivity contribution in [3.63, 3.8) is 0 Å². The molecule has 0 aliphatic rings. The van der Waals surface area contributed by atoms with E-state index in [0.29, 0.717) is 17.5 Å². The first kappa shape index (κ1) is 14.4. The summed E-state index contributed by atoms with van der Waals surface area (Å²) in [6.07, 6.45) is 2.43. The summed E-state index contributed by atoms with van der Waals surface area (Å²) < 4.78 is 19.4. The third kappa shape index (κ3) is 2.79. The van der Waals surface area contributed by atoms with Crippen molar-refractivity contribution in [2.45, 2.75) is 33.1 Å². The first-order valence-corrected chi connectivity index (χ1v) is 6.93. The molecule has 106 valence electrons. The monoisotopic (exact) mass is 275 g/mol. The average molecular weight is 275 g/mol. The van der Waals surface area contributed by atoms with Crippen molar-refractivity contribution in [3.05, 3.63) is 41.3 Å². The van der Waals surface area contributed by atoms with Gasteiger partial charge in [-0.3, -0.25) is 0 Å². The minimum Gasteiger partial charge on any atom is -0.461 e. The van der Waals surface area contributed by atoms with E-state index >= 15 is 0 Å². The van der Waals surface area contributed by atoms with Gasteiger partial charge in [-0.15, -0.1) is 0 Å². The predicted molar refractivity (Wildman–Crippen MR) is 76.3 cm³/mol. The summed E-state index contributed by atoms with van der Waals surface area (Å²) in [4.78, 5) is 15.9. The molecule has 0 saturated carbocycles. The fourth-order valence-electron chi connectivity index (χ4n) is 2.19. The molecule has 0 unspecified atom stereocenters. The molecule has 0 aliphatic heterocycles. The van der Waals surface area contributed by atoms with Crippen LogP contribution in [0.1, 0.15) is 42.7 Å². The number of hydrogen-bond donors (Lipinski definition) is 0. The van der Waals surface area contributed by atoms with Gasteiger partial charge >= 0.3 is 5.97 Å². The largest absolute Gasteiger partial charge is 0.461 e. The number of ether oxygens (including phenoxy) is 1. The summed E-state index contributed by atoms with van der Waals surface area (Å²) >= 11 is 0. The van der Waals surface area contributed by atoms with Gasteiger partial charge in [0, 0.05) is 5.39 Å². The number of pyridine rings is 1. The van der Waals surface area contributed by atoms with Gasteiger partial charge in [-0.2, -0.15) is 0 Å². The summed E-state index contributed by atoms with van der Waals surface area (Å²) in [5, 5.41) is 0.770. The maximum absolute atomic E-state index is 14.5. The number of aromatic nitrogens is 1. The molecule has 0 N–H and O–H groups in total. The first-order valence-electron chi connectivity index (χ1n) is 6.93. The number of aryl methyl sites for hydroxylation is 1. The van der Waals surface area contributed by atoms with Crippen LogP contribution in [-0.2, 0) is 11.2 Å². The molecule has 0 saturated heterocycles. The number of nitrogens with zero attached hydrogens (tertiary/aromatic N) is 1. The zero-order chi connectivity index (χ0) is 14.5. The second-order valence-corrected chi connectivity index (χ2v) is 4.59. The molecule has 2 rings (SSSR count). The van der Waals surface area contributed by atoms with Crippen molar-refractivity contribution >= 4 is 16.9 Å². The third-order valence-electron chi connectivity index (χ3n) is 3.18. The van der Waals surface area contributed by atoms with Crippen molar-refractivity contribution < 1.29 is 13.9 Å². The maximum atomic E-state index is 14.5. The maximum Gasteiger partial charge on any atom is 0.360 e. The SMILES string of the molecule is CCCCc1c(F)c(C(=O)OCC)nc2ccccc12. The van der Waals surface area contributed by atoms with Gasteiger partial charge in [0.15, 0.2) is 11.5 Å². The van der Waals surface area contributed by atoms with E-state index in [1.807, 2.05) is 25.1 Å². The van der Waals surface area contributed by atoms with Gasteiger partial charge in [0.05, 0.1) is 12.1 Å². The molecular formula is C16H18FNO2.